The van der Waals surface area contributed by atoms with Gasteiger partial charge in [-0.3, -0.25) is 12.8 Å². The first-order valence-electron chi connectivity index (χ1n) is 3.19. The number of hydrogen-bond acceptors (Lipinski definition) is 3. The van der Waals surface area contributed by atoms with Crippen molar-refractivity contribution >= 4 is 11.4 Å². The first-order chi connectivity index (χ1) is 5.66. The minimum absolute atomic E-state index is 0.0732. The van der Waals surface area contributed by atoms with Crippen LogP contribution >= 0.6 is 0 Å². The van der Waals surface area contributed by atoms with Crippen molar-refractivity contribution in [3.63, 3.8) is 0 Å². The Kier molecular flexibility index (Phi) is 7.42. The largest absolute Gasteiger partial charge is 0.304 e. The van der Waals surface area contributed by atoms with Gasteiger partial charge in [-0.2, -0.15) is 4.21 Å². The van der Waals surface area contributed by atoms with E-state index in [9.17, 15) is 17.4 Å². The van der Waals surface area contributed by atoms with E-state index in [4.69, 9.17) is 0 Å². The Morgan fingerprint density at radius 2 is 2.00 bits per heavy atom. The van der Waals surface area contributed by atoms with Crippen LogP contribution in [0, 0.1) is 0 Å². The van der Waals surface area contributed by atoms with Crippen LogP contribution in [0.5, 0.6) is 0 Å². The van der Waals surface area contributed by atoms with Crippen molar-refractivity contribution < 1.29 is 25.7 Å². The van der Waals surface area contributed by atoms with Crippen molar-refractivity contribution in [1.82, 2.24) is 0 Å². The number of halogens is 3. The third-order valence-electron chi connectivity index (χ3n) is 0.748. The van der Waals surface area contributed by atoms with Crippen LogP contribution in [0.15, 0.2) is 0 Å². The fourth-order valence-electron chi connectivity index (χ4n) is 0.323. The van der Waals surface area contributed by atoms with Crippen molar-refractivity contribution in [2.24, 2.45) is 0 Å². The Bertz CT molecular complexity index is 133. The Morgan fingerprint density at radius 3 is 2.50 bits per heavy atom. The lowest BCUT2D eigenvalue weighted by Gasteiger charge is -2.01. The maximum absolute atomic E-state index is 11.4. The molecule has 7 heteroatoms. The molecule has 0 saturated carbocycles. The van der Waals surface area contributed by atoms with Crippen molar-refractivity contribution in [3.8, 4) is 0 Å². The topological polar surface area (TPSA) is 35.5 Å². The van der Waals surface area contributed by atoms with Gasteiger partial charge >= 0.3 is 11.4 Å². The zero-order valence-electron chi connectivity index (χ0n) is 6.17. The third-order valence-corrected chi connectivity index (χ3v) is 1.44. The zero-order chi connectivity index (χ0) is 9.40. The molecule has 0 aliphatic carbocycles. The molecule has 0 amide bonds. The van der Waals surface area contributed by atoms with Gasteiger partial charge in [0.15, 0.2) is 0 Å². The van der Waals surface area contributed by atoms with Gasteiger partial charge in [-0.25, -0.2) is 8.78 Å². The Hall–Kier alpha value is -0.140. The lowest BCUT2D eigenvalue weighted by atomic mass is 10.5. The lowest BCUT2D eigenvalue weighted by molar-refractivity contribution is 0.0799. The van der Waals surface area contributed by atoms with Crippen molar-refractivity contribution in [1.29, 1.82) is 0 Å². The Labute approximate surface area is 70.7 Å². The van der Waals surface area contributed by atoms with Crippen LogP contribution in [-0.2, 0) is 19.7 Å². The molecular formula is C5H9F3O3S. The third kappa shape index (κ3) is 7.96. The SMILES string of the molecule is O=S(OCCCF)OCC(F)F. The van der Waals surface area contributed by atoms with Crippen molar-refractivity contribution in [2.75, 3.05) is 19.9 Å². The molecule has 0 aromatic rings. The van der Waals surface area contributed by atoms with E-state index in [0.29, 0.717) is 0 Å². The fourth-order valence-corrected chi connectivity index (χ4v) is 0.858. The maximum Gasteiger partial charge on any atom is 0.304 e. The summed E-state index contributed by atoms with van der Waals surface area (Å²) >= 11 is -2.19. The molecule has 0 aromatic carbocycles. The summed E-state index contributed by atoms with van der Waals surface area (Å²) in [5, 5.41) is 0. The molecule has 12 heavy (non-hydrogen) atoms. The molecule has 0 radical (unpaired) electrons. The molecule has 74 valence electrons. The summed E-state index contributed by atoms with van der Waals surface area (Å²) in [5.74, 6) is 0. The van der Waals surface area contributed by atoms with E-state index in [1.807, 2.05) is 0 Å². The second-order valence-corrected chi connectivity index (χ2v) is 2.62. The highest BCUT2D eigenvalue weighted by Gasteiger charge is 2.07. The predicted octanol–water partition coefficient (Wildman–Crippen LogP) is 1.22. The number of alkyl halides is 3. The lowest BCUT2D eigenvalue weighted by Crippen LogP contribution is -2.09. The second-order valence-electron chi connectivity index (χ2n) is 1.74. The molecule has 0 N–H and O–H groups in total. The Morgan fingerprint density at radius 1 is 1.33 bits per heavy atom. The first kappa shape index (κ1) is 11.9. The first-order valence-corrected chi connectivity index (χ1v) is 4.19. The molecule has 0 spiro atoms. The van der Waals surface area contributed by atoms with Crippen LogP contribution in [0.2, 0.25) is 0 Å². The summed E-state index contributed by atoms with van der Waals surface area (Å²) in [5.41, 5.74) is 0. The molecule has 3 nitrogen and oxygen atoms in total. The summed E-state index contributed by atoms with van der Waals surface area (Å²) < 4.78 is 53.0. The quantitative estimate of drug-likeness (QED) is 0.587. The van der Waals surface area contributed by atoms with E-state index >= 15 is 0 Å². The highest BCUT2D eigenvalue weighted by Crippen LogP contribution is 1.97. The van der Waals surface area contributed by atoms with Gasteiger partial charge in [-0.15, -0.1) is 0 Å². The van der Waals surface area contributed by atoms with E-state index < -0.39 is 31.1 Å². The van der Waals surface area contributed by atoms with Gasteiger partial charge in [-0.05, 0) is 0 Å². The second kappa shape index (κ2) is 7.51. The van der Waals surface area contributed by atoms with Gasteiger partial charge in [0, 0.05) is 6.42 Å². The smallest absolute Gasteiger partial charge is 0.268 e. The van der Waals surface area contributed by atoms with E-state index in [1.54, 1.807) is 0 Å². The van der Waals surface area contributed by atoms with Gasteiger partial charge in [-0.1, -0.05) is 0 Å². The number of hydrogen-bond donors (Lipinski definition) is 0. The number of rotatable bonds is 7. The average molecular weight is 206 g/mol. The molecule has 1 unspecified atom stereocenters. The van der Waals surface area contributed by atoms with Crippen LogP contribution in [0.1, 0.15) is 6.42 Å². The Balaban J connectivity index is 3.22. The monoisotopic (exact) mass is 206 g/mol. The van der Waals surface area contributed by atoms with E-state index in [2.05, 4.69) is 8.37 Å². The van der Waals surface area contributed by atoms with E-state index in [0.717, 1.165) is 0 Å². The van der Waals surface area contributed by atoms with Gasteiger partial charge in [0.2, 0.25) is 0 Å². The van der Waals surface area contributed by atoms with Gasteiger partial charge < -0.3 is 0 Å². The van der Waals surface area contributed by atoms with Crippen LogP contribution in [0.25, 0.3) is 0 Å². The summed E-state index contributed by atoms with van der Waals surface area (Å²) in [6.07, 6.45) is -2.61. The van der Waals surface area contributed by atoms with Crippen LogP contribution in [0.4, 0.5) is 13.2 Å². The van der Waals surface area contributed by atoms with Gasteiger partial charge in [0.05, 0.1) is 13.3 Å². The minimum Gasteiger partial charge on any atom is -0.268 e. The molecule has 0 aliphatic heterocycles. The summed E-state index contributed by atoms with van der Waals surface area (Å²) in [4.78, 5) is 0. The molecule has 0 aliphatic rings. The highest BCUT2D eigenvalue weighted by molar-refractivity contribution is 7.75. The molecule has 0 bridgehead atoms. The van der Waals surface area contributed by atoms with Gasteiger partial charge in [0.1, 0.15) is 6.61 Å². The summed E-state index contributed by atoms with van der Waals surface area (Å²) in [7, 11) is 0. The van der Waals surface area contributed by atoms with E-state index in [-0.39, 0.29) is 13.0 Å². The minimum atomic E-state index is -2.68. The fraction of sp³-hybridized carbons (Fsp3) is 1.00. The predicted molar refractivity (Wildman–Crippen MR) is 36.6 cm³/mol. The molecular weight excluding hydrogens is 197 g/mol. The standard InChI is InChI=1S/C5H9F3O3S/c6-2-1-3-10-12(9)11-4-5(7)8/h5H,1-4H2. The van der Waals surface area contributed by atoms with E-state index in [1.165, 1.54) is 0 Å². The summed E-state index contributed by atoms with van der Waals surface area (Å²) in [6, 6.07) is 0. The van der Waals surface area contributed by atoms with Crippen LogP contribution in [-0.4, -0.2) is 30.5 Å². The normalized spacial score (nSPS) is 13.7. The molecule has 0 fully saturated rings. The molecule has 0 rings (SSSR count). The molecule has 0 heterocycles. The maximum atomic E-state index is 11.4. The molecule has 0 saturated heterocycles. The average Bonchev–Trinajstić information content (AvgIpc) is 2.01. The van der Waals surface area contributed by atoms with Crippen molar-refractivity contribution in [3.05, 3.63) is 0 Å². The van der Waals surface area contributed by atoms with Crippen LogP contribution < -0.4 is 0 Å². The summed E-state index contributed by atoms with van der Waals surface area (Å²) in [6.45, 7) is -1.65. The van der Waals surface area contributed by atoms with Crippen molar-refractivity contribution in [2.45, 2.75) is 12.8 Å². The molecule has 0 aromatic heterocycles. The highest BCUT2D eigenvalue weighted by atomic mass is 32.2. The zero-order valence-corrected chi connectivity index (χ0v) is 6.99. The van der Waals surface area contributed by atoms with Crippen LogP contribution in [0.3, 0.4) is 0 Å². The molecule has 1 atom stereocenters. The van der Waals surface area contributed by atoms with Gasteiger partial charge in [0.25, 0.3) is 6.43 Å².